The van der Waals surface area contributed by atoms with Gasteiger partial charge in [-0.1, -0.05) is 6.07 Å². The lowest BCUT2D eigenvalue weighted by atomic mass is 9.98. The third-order valence-corrected chi connectivity index (χ3v) is 4.16. The second-order valence-electron chi connectivity index (χ2n) is 4.67. The van der Waals surface area contributed by atoms with Crippen molar-refractivity contribution >= 4 is 15.9 Å². The molecular weight excluding hydrogens is 294 g/mol. The summed E-state index contributed by atoms with van der Waals surface area (Å²) in [6, 6.07) is 6.38. The number of nitrogens with one attached hydrogen (secondary N) is 1. The highest BCUT2D eigenvalue weighted by Crippen LogP contribution is 2.29. The maximum Gasteiger partial charge on any atom is 0.133 e. The van der Waals surface area contributed by atoms with Crippen LogP contribution < -0.4 is 15.8 Å². The molecule has 0 saturated carbocycles. The molecule has 1 aliphatic heterocycles. The Kier molecular flexibility index (Phi) is 4.61. The average Bonchev–Trinajstić information content (AvgIpc) is 2.38. The minimum absolute atomic E-state index is 0.00464. The molecule has 5 heteroatoms. The van der Waals surface area contributed by atoms with Crippen LogP contribution >= 0.6 is 15.9 Å². The average molecular weight is 314 g/mol. The molecule has 1 saturated heterocycles. The summed E-state index contributed by atoms with van der Waals surface area (Å²) >= 11 is 3.50. The van der Waals surface area contributed by atoms with Crippen molar-refractivity contribution in [2.75, 3.05) is 33.8 Å². The standard InChI is InChI=1S/C13H20BrN3O/c1-17-6-5-16-8-11(17)13(15)9-3-4-12(18-2)10(14)7-9/h3-4,7,11,13,16H,5-6,8,15H2,1-2H3. The number of piperazine rings is 1. The van der Waals surface area contributed by atoms with Crippen LogP contribution in [0.25, 0.3) is 0 Å². The number of hydrogen-bond donors (Lipinski definition) is 2. The number of halogens is 1. The zero-order chi connectivity index (χ0) is 13.1. The molecule has 1 heterocycles. The zero-order valence-electron chi connectivity index (χ0n) is 10.8. The first-order valence-electron chi connectivity index (χ1n) is 6.13. The molecular formula is C13H20BrN3O. The van der Waals surface area contributed by atoms with Crippen molar-refractivity contribution in [3.8, 4) is 5.75 Å². The molecule has 100 valence electrons. The molecule has 1 fully saturated rings. The van der Waals surface area contributed by atoms with E-state index in [0.29, 0.717) is 6.04 Å². The maximum absolute atomic E-state index is 6.38. The summed E-state index contributed by atoms with van der Waals surface area (Å²) in [5, 5.41) is 3.39. The largest absolute Gasteiger partial charge is 0.496 e. The summed E-state index contributed by atoms with van der Waals surface area (Å²) in [4.78, 5) is 2.32. The molecule has 0 radical (unpaired) electrons. The SMILES string of the molecule is COc1ccc(C(N)C2CNCCN2C)cc1Br. The number of hydrogen-bond acceptors (Lipinski definition) is 4. The summed E-state index contributed by atoms with van der Waals surface area (Å²) in [6.45, 7) is 3.00. The van der Waals surface area contributed by atoms with Crippen LogP contribution in [0.1, 0.15) is 11.6 Å². The van der Waals surface area contributed by atoms with E-state index in [4.69, 9.17) is 10.5 Å². The molecule has 0 amide bonds. The quantitative estimate of drug-likeness (QED) is 0.885. The van der Waals surface area contributed by atoms with Crippen molar-refractivity contribution in [2.45, 2.75) is 12.1 Å². The molecule has 1 aromatic rings. The minimum atomic E-state index is 0.00464. The second kappa shape index (κ2) is 6.02. The maximum atomic E-state index is 6.38. The Hall–Kier alpha value is -0.620. The monoisotopic (exact) mass is 313 g/mol. The van der Waals surface area contributed by atoms with Gasteiger partial charge in [0.1, 0.15) is 5.75 Å². The molecule has 1 aromatic carbocycles. The Bertz CT molecular complexity index is 413. The van der Waals surface area contributed by atoms with Gasteiger partial charge in [0.05, 0.1) is 11.6 Å². The van der Waals surface area contributed by atoms with Crippen LogP contribution in [0.4, 0.5) is 0 Å². The van der Waals surface area contributed by atoms with Crippen molar-refractivity contribution in [2.24, 2.45) is 5.73 Å². The zero-order valence-corrected chi connectivity index (χ0v) is 12.4. The molecule has 2 unspecified atom stereocenters. The summed E-state index contributed by atoms with van der Waals surface area (Å²) < 4.78 is 6.18. The van der Waals surface area contributed by atoms with Gasteiger partial charge in [-0.25, -0.2) is 0 Å². The molecule has 1 aliphatic rings. The van der Waals surface area contributed by atoms with Crippen LogP contribution in [0.15, 0.2) is 22.7 Å². The molecule has 2 rings (SSSR count). The Balaban J connectivity index is 2.17. The fourth-order valence-electron chi connectivity index (χ4n) is 2.34. The lowest BCUT2D eigenvalue weighted by molar-refractivity contribution is 0.174. The van der Waals surface area contributed by atoms with Gasteiger partial charge < -0.3 is 15.8 Å². The second-order valence-corrected chi connectivity index (χ2v) is 5.53. The number of rotatable bonds is 3. The van der Waals surface area contributed by atoms with Crippen molar-refractivity contribution < 1.29 is 4.74 Å². The normalized spacial score (nSPS) is 22.8. The molecule has 18 heavy (non-hydrogen) atoms. The van der Waals surface area contributed by atoms with Crippen LogP contribution in [0.5, 0.6) is 5.75 Å². The van der Waals surface area contributed by atoms with E-state index in [0.717, 1.165) is 35.4 Å². The Labute approximate surface area is 117 Å². The van der Waals surface area contributed by atoms with Gasteiger partial charge in [0.2, 0.25) is 0 Å². The molecule has 0 aromatic heterocycles. The fourth-order valence-corrected chi connectivity index (χ4v) is 2.90. The summed E-state index contributed by atoms with van der Waals surface area (Å²) in [5.74, 6) is 0.834. The van der Waals surface area contributed by atoms with E-state index < -0.39 is 0 Å². The third kappa shape index (κ3) is 2.85. The van der Waals surface area contributed by atoms with Crippen molar-refractivity contribution in [1.82, 2.24) is 10.2 Å². The summed E-state index contributed by atoms with van der Waals surface area (Å²) in [5.41, 5.74) is 7.51. The predicted octanol–water partition coefficient (Wildman–Crippen LogP) is 1.36. The predicted molar refractivity (Wildman–Crippen MR) is 76.9 cm³/mol. The van der Waals surface area contributed by atoms with Gasteiger partial charge in [0.15, 0.2) is 0 Å². The van der Waals surface area contributed by atoms with E-state index in [2.05, 4.69) is 33.2 Å². The van der Waals surface area contributed by atoms with E-state index >= 15 is 0 Å². The number of nitrogens with zero attached hydrogens (tertiary/aromatic N) is 1. The number of likely N-dealkylation sites (N-methyl/N-ethyl adjacent to an activating group) is 1. The number of nitrogens with two attached hydrogens (primary N) is 1. The minimum Gasteiger partial charge on any atom is -0.496 e. The Morgan fingerprint density at radius 1 is 1.56 bits per heavy atom. The van der Waals surface area contributed by atoms with E-state index in [1.165, 1.54) is 0 Å². The van der Waals surface area contributed by atoms with Gasteiger partial charge in [0, 0.05) is 31.7 Å². The highest BCUT2D eigenvalue weighted by molar-refractivity contribution is 9.10. The first-order valence-corrected chi connectivity index (χ1v) is 6.92. The molecule has 0 aliphatic carbocycles. The fraction of sp³-hybridized carbons (Fsp3) is 0.538. The lowest BCUT2D eigenvalue weighted by Gasteiger charge is -2.37. The molecule has 0 bridgehead atoms. The van der Waals surface area contributed by atoms with Gasteiger partial charge >= 0.3 is 0 Å². The Morgan fingerprint density at radius 2 is 2.33 bits per heavy atom. The topological polar surface area (TPSA) is 50.5 Å². The van der Waals surface area contributed by atoms with Gasteiger partial charge in [-0.3, -0.25) is 4.90 Å². The first kappa shape index (κ1) is 13.8. The summed E-state index contributed by atoms with van der Waals surface area (Å²) in [6.07, 6.45) is 0. The number of methoxy groups -OCH3 is 1. The smallest absolute Gasteiger partial charge is 0.133 e. The molecule has 2 atom stereocenters. The van der Waals surface area contributed by atoms with Crippen LogP contribution in [0.2, 0.25) is 0 Å². The number of benzene rings is 1. The molecule has 4 nitrogen and oxygen atoms in total. The first-order chi connectivity index (χ1) is 8.63. The van der Waals surface area contributed by atoms with Gasteiger partial charge in [-0.05, 0) is 40.7 Å². The van der Waals surface area contributed by atoms with Crippen molar-refractivity contribution in [3.05, 3.63) is 28.2 Å². The van der Waals surface area contributed by atoms with E-state index in [1.807, 2.05) is 18.2 Å². The van der Waals surface area contributed by atoms with Gasteiger partial charge in [-0.15, -0.1) is 0 Å². The van der Waals surface area contributed by atoms with E-state index in [1.54, 1.807) is 7.11 Å². The molecule has 3 N–H and O–H groups in total. The van der Waals surface area contributed by atoms with Crippen LogP contribution in [-0.2, 0) is 0 Å². The summed E-state index contributed by atoms with van der Waals surface area (Å²) in [7, 11) is 3.79. The highest BCUT2D eigenvalue weighted by atomic mass is 79.9. The number of ether oxygens (including phenoxy) is 1. The third-order valence-electron chi connectivity index (χ3n) is 3.54. The highest BCUT2D eigenvalue weighted by Gasteiger charge is 2.26. The van der Waals surface area contributed by atoms with Gasteiger partial charge in [0.25, 0.3) is 0 Å². The lowest BCUT2D eigenvalue weighted by Crippen LogP contribution is -2.53. The van der Waals surface area contributed by atoms with Crippen molar-refractivity contribution in [3.63, 3.8) is 0 Å². The van der Waals surface area contributed by atoms with Crippen LogP contribution in [-0.4, -0.2) is 44.7 Å². The van der Waals surface area contributed by atoms with Crippen LogP contribution in [0.3, 0.4) is 0 Å². The molecule has 0 spiro atoms. The van der Waals surface area contributed by atoms with Crippen LogP contribution in [0, 0.1) is 0 Å². The van der Waals surface area contributed by atoms with E-state index in [9.17, 15) is 0 Å². The van der Waals surface area contributed by atoms with Gasteiger partial charge in [-0.2, -0.15) is 0 Å². The van der Waals surface area contributed by atoms with Crippen molar-refractivity contribution in [1.29, 1.82) is 0 Å². The van der Waals surface area contributed by atoms with E-state index in [-0.39, 0.29) is 6.04 Å². The Morgan fingerprint density at radius 3 is 2.94 bits per heavy atom.